The number of anilines is 1. The number of likely N-dealkylation sites (N-methyl/N-ethyl adjacent to an activating group) is 1. The summed E-state index contributed by atoms with van der Waals surface area (Å²) in [7, 11) is 0. The summed E-state index contributed by atoms with van der Waals surface area (Å²) in [4.78, 5) is 11.5. The highest BCUT2D eigenvalue weighted by Crippen LogP contribution is 2.27. The van der Waals surface area contributed by atoms with Crippen molar-refractivity contribution in [2.45, 2.75) is 20.3 Å². The van der Waals surface area contributed by atoms with Crippen LogP contribution in [0.2, 0.25) is 5.02 Å². The molecule has 100 valence electrons. The number of hydrogen-bond donors (Lipinski definition) is 2. The van der Waals surface area contributed by atoms with E-state index < -0.39 is 0 Å². The summed E-state index contributed by atoms with van der Waals surface area (Å²) in [5.41, 5.74) is 0.673. The Hall–Kier alpha value is -1.26. The molecule has 0 spiro atoms. The molecule has 1 aromatic rings. The van der Waals surface area contributed by atoms with Crippen molar-refractivity contribution in [3.05, 3.63) is 23.2 Å². The van der Waals surface area contributed by atoms with E-state index in [9.17, 15) is 4.79 Å². The number of nitrogens with one attached hydrogen (secondary N) is 2. The fraction of sp³-hybridized carbons (Fsp3) is 0.462. The van der Waals surface area contributed by atoms with E-state index in [4.69, 9.17) is 16.3 Å². The SMILES string of the molecule is CCCOc1ccc(NC(=O)CNCC)cc1Cl. The Morgan fingerprint density at radius 2 is 2.17 bits per heavy atom. The van der Waals surface area contributed by atoms with E-state index in [1.165, 1.54) is 0 Å². The normalized spacial score (nSPS) is 10.2. The zero-order valence-electron chi connectivity index (χ0n) is 10.8. The molecule has 5 heteroatoms. The van der Waals surface area contributed by atoms with Crippen LogP contribution in [0.5, 0.6) is 5.75 Å². The molecule has 0 aliphatic heterocycles. The largest absolute Gasteiger partial charge is 0.492 e. The summed E-state index contributed by atoms with van der Waals surface area (Å²) < 4.78 is 5.45. The van der Waals surface area contributed by atoms with Gasteiger partial charge in [-0.1, -0.05) is 25.4 Å². The van der Waals surface area contributed by atoms with E-state index >= 15 is 0 Å². The van der Waals surface area contributed by atoms with Crippen molar-refractivity contribution >= 4 is 23.2 Å². The number of rotatable bonds is 7. The van der Waals surface area contributed by atoms with Crippen LogP contribution in [-0.2, 0) is 4.79 Å². The quantitative estimate of drug-likeness (QED) is 0.801. The lowest BCUT2D eigenvalue weighted by atomic mass is 10.3. The number of carbonyl (C=O) groups is 1. The van der Waals surface area contributed by atoms with Crippen LogP contribution in [0, 0.1) is 0 Å². The average Bonchev–Trinajstić information content (AvgIpc) is 2.35. The van der Waals surface area contributed by atoms with Crippen molar-refractivity contribution in [2.24, 2.45) is 0 Å². The number of halogens is 1. The third-order valence-corrected chi connectivity index (χ3v) is 2.51. The van der Waals surface area contributed by atoms with Crippen molar-refractivity contribution in [1.29, 1.82) is 0 Å². The summed E-state index contributed by atoms with van der Waals surface area (Å²) in [5.74, 6) is 0.554. The Labute approximate surface area is 113 Å². The van der Waals surface area contributed by atoms with Crippen LogP contribution >= 0.6 is 11.6 Å². The molecule has 1 aromatic carbocycles. The molecule has 0 saturated heterocycles. The van der Waals surface area contributed by atoms with E-state index in [1.807, 2.05) is 13.8 Å². The average molecular weight is 271 g/mol. The van der Waals surface area contributed by atoms with Gasteiger partial charge in [-0.2, -0.15) is 0 Å². The summed E-state index contributed by atoms with van der Waals surface area (Å²) >= 11 is 6.06. The maximum Gasteiger partial charge on any atom is 0.238 e. The van der Waals surface area contributed by atoms with Gasteiger partial charge in [0.2, 0.25) is 5.91 Å². The van der Waals surface area contributed by atoms with Gasteiger partial charge in [0, 0.05) is 5.69 Å². The van der Waals surface area contributed by atoms with E-state index in [1.54, 1.807) is 18.2 Å². The molecule has 0 radical (unpaired) electrons. The van der Waals surface area contributed by atoms with Gasteiger partial charge in [-0.15, -0.1) is 0 Å². The summed E-state index contributed by atoms with van der Waals surface area (Å²) in [6, 6.07) is 5.23. The molecular weight excluding hydrogens is 252 g/mol. The van der Waals surface area contributed by atoms with Crippen LogP contribution in [0.15, 0.2) is 18.2 Å². The van der Waals surface area contributed by atoms with Gasteiger partial charge in [-0.25, -0.2) is 0 Å². The van der Waals surface area contributed by atoms with Gasteiger partial charge in [0.25, 0.3) is 0 Å². The molecule has 1 amide bonds. The Bertz CT molecular complexity index is 397. The molecule has 0 fully saturated rings. The molecule has 0 aliphatic carbocycles. The third kappa shape index (κ3) is 4.94. The van der Waals surface area contributed by atoms with E-state index in [2.05, 4.69) is 10.6 Å². The standard InChI is InChI=1S/C13H19ClN2O2/c1-3-7-18-12-6-5-10(8-11(12)14)16-13(17)9-15-4-2/h5-6,8,15H,3-4,7,9H2,1-2H3,(H,16,17). The van der Waals surface area contributed by atoms with Crippen LogP contribution in [0.4, 0.5) is 5.69 Å². The first-order chi connectivity index (χ1) is 8.67. The first kappa shape index (κ1) is 14.8. The van der Waals surface area contributed by atoms with Gasteiger partial charge >= 0.3 is 0 Å². The maximum absolute atomic E-state index is 11.5. The predicted octanol–water partition coefficient (Wildman–Crippen LogP) is 2.68. The highest BCUT2D eigenvalue weighted by Gasteiger charge is 2.05. The second-order valence-electron chi connectivity index (χ2n) is 3.82. The highest BCUT2D eigenvalue weighted by molar-refractivity contribution is 6.32. The number of hydrogen-bond acceptors (Lipinski definition) is 3. The molecule has 0 aliphatic rings. The molecule has 0 unspecified atom stereocenters. The zero-order chi connectivity index (χ0) is 13.4. The van der Waals surface area contributed by atoms with E-state index in [-0.39, 0.29) is 5.91 Å². The van der Waals surface area contributed by atoms with Gasteiger partial charge < -0.3 is 15.4 Å². The summed E-state index contributed by atoms with van der Waals surface area (Å²) in [6.07, 6.45) is 0.928. The second kappa shape index (κ2) is 7.95. The first-order valence-electron chi connectivity index (χ1n) is 6.10. The van der Waals surface area contributed by atoms with Crippen molar-refractivity contribution in [2.75, 3.05) is 25.0 Å². The molecule has 18 heavy (non-hydrogen) atoms. The molecule has 0 bridgehead atoms. The van der Waals surface area contributed by atoms with E-state index in [0.29, 0.717) is 29.6 Å². The van der Waals surface area contributed by atoms with Crippen molar-refractivity contribution in [3.8, 4) is 5.75 Å². The third-order valence-electron chi connectivity index (χ3n) is 2.21. The Balaban J connectivity index is 2.58. The van der Waals surface area contributed by atoms with Gasteiger partial charge in [0.1, 0.15) is 5.75 Å². The van der Waals surface area contributed by atoms with Crippen LogP contribution in [-0.4, -0.2) is 25.6 Å². The Kier molecular flexibility index (Phi) is 6.54. The highest BCUT2D eigenvalue weighted by atomic mass is 35.5. The smallest absolute Gasteiger partial charge is 0.238 e. The first-order valence-corrected chi connectivity index (χ1v) is 6.48. The van der Waals surface area contributed by atoms with Crippen molar-refractivity contribution in [3.63, 3.8) is 0 Å². The molecular formula is C13H19ClN2O2. The summed E-state index contributed by atoms with van der Waals surface area (Å²) in [6.45, 7) is 5.67. The number of ether oxygens (including phenoxy) is 1. The van der Waals surface area contributed by atoms with Gasteiger partial charge in [-0.05, 0) is 31.2 Å². The lowest BCUT2D eigenvalue weighted by Gasteiger charge is -2.10. The molecule has 0 atom stereocenters. The Morgan fingerprint density at radius 1 is 1.39 bits per heavy atom. The monoisotopic (exact) mass is 270 g/mol. The number of carbonyl (C=O) groups excluding carboxylic acids is 1. The minimum atomic E-state index is -0.0878. The summed E-state index contributed by atoms with van der Waals surface area (Å²) in [5, 5.41) is 6.22. The predicted molar refractivity (Wildman–Crippen MR) is 74.4 cm³/mol. The molecule has 0 saturated carbocycles. The second-order valence-corrected chi connectivity index (χ2v) is 4.23. The van der Waals surface area contributed by atoms with Crippen LogP contribution < -0.4 is 15.4 Å². The molecule has 2 N–H and O–H groups in total. The molecule has 1 rings (SSSR count). The van der Waals surface area contributed by atoms with Crippen molar-refractivity contribution < 1.29 is 9.53 Å². The lowest BCUT2D eigenvalue weighted by Crippen LogP contribution is -2.27. The van der Waals surface area contributed by atoms with Gasteiger partial charge in [-0.3, -0.25) is 4.79 Å². The Morgan fingerprint density at radius 3 is 2.78 bits per heavy atom. The molecule has 4 nitrogen and oxygen atoms in total. The minimum Gasteiger partial charge on any atom is -0.492 e. The van der Waals surface area contributed by atoms with Gasteiger partial charge in [0.05, 0.1) is 18.2 Å². The number of benzene rings is 1. The van der Waals surface area contributed by atoms with E-state index in [0.717, 1.165) is 13.0 Å². The fourth-order valence-electron chi connectivity index (χ4n) is 1.35. The van der Waals surface area contributed by atoms with Crippen molar-refractivity contribution in [1.82, 2.24) is 5.32 Å². The number of amides is 1. The minimum absolute atomic E-state index is 0.0878. The molecule has 0 heterocycles. The zero-order valence-corrected chi connectivity index (χ0v) is 11.5. The topological polar surface area (TPSA) is 50.4 Å². The molecule has 0 aromatic heterocycles. The maximum atomic E-state index is 11.5. The lowest BCUT2D eigenvalue weighted by molar-refractivity contribution is -0.115. The fourth-order valence-corrected chi connectivity index (χ4v) is 1.59. The van der Waals surface area contributed by atoms with Crippen LogP contribution in [0.25, 0.3) is 0 Å². The van der Waals surface area contributed by atoms with Gasteiger partial charge in [0.15, 0.2) is 0 Å². The van der Waals surface area contributed by atoms with Crippen LogP contribution in [0.3, 0.4) is 0 Å². The van der Waals surface area contributed by atoms with Crippen LogP contribution in [0.1, 0.15) is 20.3 Å².